The van der Waals surface area contributed by atoms with Crippen molar-refractivity contribution >= 4 is 6.29 Å². The van der Waals surface area contributed by atoms with Gasteiger partial charge in [-0.2, -0.15) is 0 Å². The first-order valence-corrected chi connectivity index (χ1v) is 3.26. The molecule has 0 bridgehead atoms. The minimum atomic E-state index is -0.185. The van der Waals surface area contributed by atoms with Crippen LogP contribution in [0.25, 0.3) is 0 Å². The summed E-state index contributed by atoms with van der Waals surface area (Å²) in [4.78, 5) is 17.9. The molecule has 58 valence electrons. The van der Waals surface area contributed by atoms with Gasteiger partial charge in [-0.1, -0.05) is 0 Å². The van der Waals surface area contributed by atoms with Gasteiger partial charge in [0.25, 0.3) is 0 Å². The second-order valence-electron chi connectivity index (χ2n) is 2.28. The van der Waals surface area contributed by atoms with Crippen LogP contribution in [0.3, 0.4) is 0 Å². The van der Waals surface area contributed by atoms with Gasteiger partial charge in [0, 0.05) is 12.4 Å². The summed E-state index contributed by atoms with van der Waals surface area (Å²) < 4.78 is 0. The minimum absolute atomic E-state index is 0.185. The number of aromatic nitrogens is 2. The van der Waals surface area contributed by atoms with Crippen molar-refractivity contribution in [2.24, 2.45) is 5.73 Å². The topological polar surface area (TPSA) is 68.9 Å². The number of nitrogens with two attached hydrogens (primary N) is 1. The summed E-state index contributed by atoms with van der Waals surface area (Å²) in [6.45, 7) is 1.79. The number of carbonyl (C=O) groups is 1. The maximum atomic E-state index is 10.2. The number of aldehydes is 1. The SMILES string of the molecule is CC(N)c1ncc(C=O)cn1. The highest BCUT2D eigenvalue weighted by Gasteiger charge is 2.00. The molecule has 0 aliphatic rings. The van der Waals surface area contributed by atoms with E-state index in [2.05, 4.69) is 9.97 Å². The first kappa shape index (κ1) is 7.81. The minimum Gasteiger partial charge on any atom is -0.322 e. The first-order chi connectivity index (χ1) is 5.24. The summed E-state index contributed by atoms with van der Waals surface area (Å²) in [5, 5.41) is 0. The summed E-state index contributed by atoms with van der Waals surface area (Å²) in [7, 11) is 0. The van der Waals surface area contributed by atoms with Gasteiger partial charge in [0.2, 0.25) is 0 Å². The normalized spacial score (nSPS) is 12.5. The molecular weight excluding hydrogens is 142 g/mol. The van der Waals surface area contributed by atoms with Gasteiger partial charge in [-0.3, -0.25) is 4.79 Å². The van der Waals surface area contributed by atoms with Crippen LogP contribution in [-0.4, -0.2) is 16.3 Å². The Balaban J connectivity index is 2.91. The Morgan fingerprint density at radius 2 is 2.09 bits per heavy atom. The van der Waals surface area contributed by atoms with Crippen molar-refractivity contribution in [3.05, 3.63) is 23.8 Å². The molecule has 1 rings (SSSR count). The Morgan fingerprint density at radius 3 is 2.45 bits per heavy atom. The first-order valence-electron chi connectivity index (χ1n) is 3.26. The average molecular weight is 151 g/mol. The molecule has 0 saturated heterocycles. The molecule has 1 unspecified atom stereocenters. The van der Waals surface area contributed by atoms with E-state index in [9.17, 15) is 4.79 Å². The van der Waals surface area contributed by atoms with Gasteiger partial charge in [0.15, 0.2) is 6.29 Å². The van der Waals surface area contributed by atoms with E-state index in [1.807, 2.05) is 0 Å². The molecule has 4 nitrogen and oxygen atoms in total. The molecule has 2 N–H and O–H groups in total. The van der Waals surface area contributed by atoms with E-state index in [4.69, 9.17) is 5.73 Å². The molecule has 11 heavy (non-hydrogen) atoms. The summed E-state index contributed by atoms with van der Waals surface area (Å²) in [5.41, 5.74) is 5.96. The van der Waals surface area contributed by atoms with Crippen molar-refractivity contribution in [1.82, 2.24) is 9.97 Å². The highest BCUT2D eigenvalue weighted by atomic mass is 16.1. The molecule has 4 heteroatoms. The van der Waals surface area contributed by atoms with E-state index >= 15 is 0 Å². The Labute approximate surface area is 64.5 Å². The number of rotatable bonds is 2. The second kappa shape index (κ2) is 3.21. The number of hydrogen-bond acceptors (Lipinski definition) is 4. The van der Waals surface area contributed by atoms with E-state index in [-0.39, 0.29) is 6.04 Å². The fourth-order valence-electron chi connectivity index (χ4n) is 0.644. The van der Waals surface area contributed by atoms with Crippen LogP contribution in [0.4, 0.5) is 0 Å². The summed E-state index contributed by atoms with van der Waals surface area (Å²) in [5.74, 6) is 0.551. The molecule has 0 fully saturated rings. The molecule has 0 radical (unpaired) electrons. The third-order valence-corrected chi connectivity index (χ3v) is 1.24. The monoisotopic (exact) mass is 151 g/mol. The zero-order valence-electron chi connectivity index (χ0n) is 6.19. The van der Waals surface area contributed by atoms with Gasteiger partial charge in [-0.15, -0.1) is 0 Å². The van der Waals surface area contributed by atoms with Crippen molar-refractivity contribution in [1.29, 1.82) is 0 Å². The van der Waals surface area contributed by atoms with Crippen LogP contribution < -0.4 is 5.73 Å². The van der Waals surface area contributed by atoms with Crippen molar-refractivity contribution < 1.29 is 4.79 Å². The van der Waals surface area contributed by atoms with Crippen molar-refractivity contribution in [3.63, 3.8) is 0 Å². The predicted octanol–water partition coefficient (Wildman–Crippen LogP) is 0.309. The van der Waals surface area contributed by atoms with Gasteiger partial charge in [-0.05, 0) is 6.92 Å². The third kappa shape index (κ3) is 1.81. The van der Waals surface area contributed by atoms with Crippen LogP contribution in [0, 0.1) is 0 Å². The van der Waals surface area contributed by atoms with Gasteiger partial charge >= 0.3 is 0 Å². The Bertz CT molecular complexity index is 242. The fourth-order valence-corrected chi connectivity index (χ4v) is 0.644. The molecule has 0 spiro atoms. The number of hydrogen-bond donors (Lipinski definition) is 1. The summed E-state index contributed by atoms with van der Waals surface area (Å²) >= 11 is 0. The van der Waals surface area contributed by atoms with Crippen molar-refractivity contribution in [2.75, 3.05) is 0 Å². The molecule has 0 saturated carbocycles. The van der Waals surface area contributed by atoms with E-state index in [0.717, 1.165) is 0 Å². The van der Waals surface area contributed by atoms with Crippen LogP contribution in [-0.2, 0) is 0 Å². The Morgan fingerprint density at radius 1 is 1.55 bits per heavy atom. The van der Waals surface area contributed by atoms with Crippen LogP contribution in [0.2, 0.25) is 0 Å². The average Bonchev–Trinajstić information content (AvgIpc) is 2.05. The molecule has 1 aromatic rings. The van der Waals surface area contributed by atoms with Crippen LogP contribution >= 0.6 is 0 Å². The van der Waals surface area contributed by atoms with Crippen molar-refractivity contribution in [3.8, 4) is 0 Å². The van der Waals surface area contributed by atoms with Gasteiger partial charge in [-0.25, -0.2) is 9.97 Å². The lowest BCUT2D eigenvalue weighted by molar-refractivity contribution is 0.112. The molecule has 1 aromatic heterocycles. The summed E-state index contributed by atoms with van der Waals surface area (Å²) in [6.07, 6.45) is 3.61. The standard InChI is InChI=1S/C7H9N3O/c1-5(8)7-9-2-6(4-11)3-10-7/h2-5H,8H2,1H3. The quantitative estimate of drug-likeness (QED) is 0.617. The van der Waals surface area contributed by atoms with E-state index < -0.39 is 0 Å². The second-order valence-corrected chi connectivity index (χ2v) is 2.28. The van der Waals surface area contributed by atoms with E-state index in [0.29, 0.717) is 17.7 Å². The van der Waals surface area contributed by atoms with E-state index in [1.54, 1.807) is 6.92 Å². The van der Waals surface area contributed by atoms with Gasteiger partial charge < -0.3 is 5.73 Å². The molecule has 0 aliphatic heterocycles. The lowest BCUT2D eigenvalue weighted by atomic mass is 10.3. The Hall–Kier alpha value is -1.29. The lowest BCUT2D eigenvalue weighted by Gasteiger charge is -2.00. The summed E-state index contributed by atoms with van der Waals surface area (Å²) in [6, 6.07) is -0.185. The Kier molecular flexibility index (Phi) is 2.28. The van der Waals surface area contributed by atoms with E-state index in [1.165, 1.54) is 12.4 Å². The number of carbonyl (C=O) groups excluding carboxylic acids is 1. The zero-order chi connectivity index (χ0) is 8.27. The molecule has 0 aliphatic carbocycles. The number of nitrogens with zero attached hydrogens (tertiary/aromatic N) is 2. The molecule has 1 heterocycles. The molecule has 0 aromatic carbocycles. The smallest absolute Gasteiger partial charge is 0.153 e. The maximum Gasteiger partial charge on any atom is 0.153 e. The van der Waals surface area contributed by atoms with Crippen LogP contribution in [0.1, 0.15) is 29.1 Å². The van der Waals surface area contributed by atoms with Crippen LogP contribution in [0.15, 0.2) is 12.4 Å². The zero-order valence-corrected chi connectivity index (χ0v) is 6.19. The predicted molar refractivity (Wildman–Crippen MR) is 40.0 cm³/mol. The highest BCUT2D eigenvalue weighted by molar-refractivity contribution is 5.73. The van der Waals surface area contributed by atoms with Gasteiger partial charge in [0.05, 0.1) is 11.6 Å². The largest absolute Gasteiger partial charge is 0.322 e. The molecule has 0 amide bonds. The fraction of sp³-hybridized carbons (Fsp3) is 0.286. The van der Waals surface area contributed by atoms with Crippen molar-refractivity contribution in [2.45, 2.75) is 13.0 Å². The third-order valence-electron chi connectivity index (χ3n) is 1.24. The molecule has 1 atom stereocenters. The van der Waals surface area contributed by atoms with Crippen LogP contribution in [0.5, 0.6) is 0 Å². The molecular formula is C7H9N3O. The maximum absolute atomic E-state index is 10.2. The lowest BCUT2D eigenvalue weighted by Crippen LogP contribution is -2.09. The van der Waals surface area contributed by atoms with Gasteiger partial charge in [0.1, 0.15) is 5.82 Å². The highest BCUT2D eigenvalue weighted by Crippen LogP contribution is 2.00.